The fraction of sp³-hybridized carbons (Fsp3) is 0.263. The second kappa shape index (κ2) is 7.45. The normalized spacial score (nSPS) is 10.8. The van der Waals surface area contributed by atoms with Crippen molar-refractivity contribution in [3.63, 3.8) is 0 Å². The zero-order valence-electron chi connectivity index (χ0n) is 13.8. The molecule has 0 aliphatic rings. The van der Waals surface area contributed by atoms with Gasteiger partial charge >= 0.3 is 0 Å². The number of anilines is 1. The molecule has 1 N–H and O–H groups in total. The number of rotatable bonds is 6. The molecule has 0 aliphatic carbocycles. The Balaban J connectivity index is 1.73. The number of aryl methyl sites for hydroxylation is 2. The third kappa shape index (κ3) is 3.57. The average molecular weight is 340 g/mol. The van der Waals surface area contributed by atoms with Gasteiger partial charge in [-0.2, -0.15) is 0 Å². The van der Waals surface area contributed by atoms with Gasteiger partial charge in [0.2, 0.25) is 5.91 Å². The van der Waals surface area contributed by atoms with Gasteiger partial charge in [0.15, 0.2) is 10.8 Å². The van der Waals surface area contributed by atoms with E-state index in [9.17, 15) is 4.79 Å². The molecule has 2 heterocycles. The zero-order valence-corrected chi connectivity index (χ0v) is 14.7. The molecule has 0 unspecified atom stereocenters. The van der Waals surface area contributed by atoms with Crippen molar-refractivity contribution in [3.8, 4) is 10.8 Å². The van der Waals surface area contributed by atoms with E-state index in [1.807, 2.05) is 23.6 Å². The number of nitrogens with zero attached hydrogens (tertiary/aromatic N) is 1. The van der Waals surface area contributed by atoms with Crippen LogP contribution in [0.15, 0.2) is 46.4 Å². The first-order chi connectivity index (χ1) is 11.7. The number of hydrogen-bond acceptors (Lipinski definition) is 4. The van der Waals surface area contributed by atoms with E-state index >= 15 is 0 Å². The highest BCUT2D eigenvalue weighted by Crippen LogP contribution is 2.25. The van der Waals surface area contributed by atoms with E-state index in [4.69, 9.17) is 4.42 Å². The van der Waals surface area contributed by atoms with Gasteiger partial charge in [0.25, 0.3) is 0 Å². The van der Waals surface area contributed by atoms with Crippen LogP contribution < -0.4 is 5.32 Å². The summed E-state index contributed by atoms with van der Waals surface area (Å²) in [6.45, 7) is 4.20. The number of furan rings is 1. The highest BCUT2D eigenvalue weighted by molar-refractivity contribution is 7.13. The summed E-state index contributed by atoms with van der Waals surface area (Å²) in [5, 5.41) is 5.78. The minimum absolute atomic E-state index is 0.0399. The van der Waals surface area contributed by atoms with Gasteiger partial charge in [-0.3, -0.25) is 4.79 Å². The van der Waals surface area contributed by atoms with Gasteiger partial charge in [-0.15, -0.1) is 11.3 Å². The Hall–Kier alpha value is -2.40. The maximum atomic E-state index is 12.4. The van der Waals surface area contributed by atoms with Gasteiger partial charge in [0, 0.05) is 11.1 Å². The van der Waals surface area contributed by atoms with E-state index in [-0.39, 0.29) is 12.3 Å². The fourth-order valence-electron chi connectivity index (χ4n) is 2.65. The van der Waals surface area contributed by atoms with Crippen LogP contribution >= 0.6 is 11.3 Å². The zero-order chi connectivity index (χ0) is 16.9. The Labute approximate surface area is 145 Å². The SMILES string of the molecule is CCc1cccc(CC)c1NC(=O)Cc1csc(-c2ccco2)n1. The molecule has 0 spiro atoms. The average Bonchev–Trinajstić information content (AvgIpc) is 3.26. The van der Waals surface area contributed by atoms with E-state index in [1.165, 1.54) is 11.3 Å². The van der Waals surface area contributed by atoms with Gasteiger partial charge in [0.05, 0.1) is 18.4 Å². The number of carbonyl (C=O) groups is 1. The number of thiazole rings is 1. The summed E-state index contributed by atoms with van der Waals surface area (Å²) in [6, 6.07) is 9.87. The number of aromatic nitrogens is 1. The second-order valence-corrected chi connectivity index (χ2v) is 6.36. The number of para-hydroxylation sites is 1. The Morgan fingerprint density at radius 3 is 2.54 bits per heavy atom. The maximum absolute atomic E-state index is 12.4. The monoisotopic (exact) mass is 340 g/mol. The highest BCUT2D eigenvalue weighted by atomic mass is 32.1. The lowest BCUT2D eigenvalue weighted by atomic mass is 10.0. The fourth-order valence-corrected chi connectivity index (χ4v) is 3.44. The molecule has 4 nitrogen and oxygen atoms in total. The lowest BCUT2D eigenvalue weighted by Crippen LogP contribution is -2.17. The van der Waals surface area contributed by atoms with Crippen molar-refractivity contribution in [2.45, 2.75) is 33.1 Å². The third-order valence-corrected chi connectivity index (χ3v) is 4.79. The van der Waals surface area contributed by atoms with Gasteiger partial charge in [-0.1, -0.05) is 32.0 Å². The molecule has 1 amide bonds. The van der Waals surface area contributed by atoms with Gasteiger partial charge in [0.1, 0.15) is 0 Å². The van der Waals surface area contributed by atoms with Crippen LogP contribution in [0.2, 0.25) is 0 Å². The predicted molar refractivity (Wildman–Crippen MR) is 97.3 cm³/mol. The van der Waals surface area contributed by atoms with Crippen molar-refractivity contribution in [2.24, 2.45) is 0 Å². The van der Waals surface area contributed by atoms with Crippen LogP contribution in [0.4, 0.5) is 5.69 Å². The van der Waals surface area contributed by atoms with Crippen molar-refractivity contribution in [3.05, 3.63) is 58.8 Å². The van der Waals surface area contributed by atoms with Crippen molar-refractivity contribution in [2.75, 3.05) is 5.32 Å². The molecule has 0 radical (unpaired) electrons. The molecule has 5 heteroatoms. The summed E-state index contributed by atoms with van der Waals surface area (Å²) >= 11 is 1.49. The second-order valence-electron chi connectivity index (χ2n) is 5.50. The van der Waals surface area contributed by atoms with Crippen LogP contribution in [0, 0.1) is 0 Å². The Bertz CT molecular complexity index is 800. The highest BCUT2D eigenvalue weighted by Gasteiger charge is 2.13. The van der Waals surface area contributed by atoms with Crippen molar-refractivity contribution in [1.29, 1.82) is 0 Å². The molecule has 0 aliphatic heterocycles. The van der Waals surface area contributed by atoms with Crippen LogP contribution in [0.5, 0.6) is 0 Å². The molecule has 0 bridgehead atoms. The van der Waals surface area contributed by atoms with E-state index in [1.54, 1.807) is 6.26 Å². The van der Waals surface area contributed by atoms with E-state index in [0.29, 0.717) is 0 Å². The van der Waals surface area contributed by atoms with Crippen LogP contribution in [0.1, 0.15) is 30.7 Å². The number of hydrogen-bond donors (Lipinski definition) is 1. The number of carbonyl (C=O) groups excluding carboxylic acids is 1. The molecule has 0 saturated heterocycles. The van der Waals surface area contributed by atoms with Crippen molar-refractivity contribution in [1.82, 2.24) is 4.98 Å². The summed E-state index contributed by atoms with van der Waals surface area (Å²) in [7, 11) is 0. The minimum Gasteiger partial charge on any atom is -0.462 e. The van der Waals surface area contributed by atoms with E-state index in [2.05, 4.69) is 36.3 Å². The summed E-state index contributed by atoms with van der Waals surface area (Å²) in [6.07, 6.45) is 3.67. The summed E-state index contributed by atoms with van der Waals surface area (Å²) in [4.78, 5) is 16.9. The van der Waals surface area contributed by atoms with Gasteiger partial charge in [-0.25, -0.2) is 4.98 Å². The molecular weight excluding hydrogens is 320 g/mol. The van der Waals surface area contributed by atoms with Crippen LogP contribution in [-0.2, 0) is 24.1 Å². The molecule has 0 atom stereocenters. The Morgan fingerprint density at radius 2 is 1.92 bits per heavy atom. The molecule has 3 rings (SSSR count). The first kappa shape index (κ1) is 16.5. The number of benzene rings is 1. The van der Waals surface area contributed by atoms with E-state index < -0.39 is 0 Å². The molecule has 124 valence electrons. The van der Waals surface area contributed by atoms with Crippen molar-refractivity contribution >= 4 is 22.9 Å². The first-order valence-electron chi connectivity index (χ1n) is 8.10. The van der Waals surface area contributed by atoms with Crippen LogP contribution in [-0.4, -0.2) is 10.9 Å². The lowest BCUT2D eigenvalue weighted by molar-refractivity contribution is -0.115. The molecule has 0 fully saturated rings. The predicted octanol–water partition coefficient (Wildman–Crippen LogP) is 4.71. The van der Waals surface area contributed by atoms with Crippen LogP contribution in [0.25, 0.3) is 10.8 Å². The Morgan fingerprint density at radius 1 is 1.17 bits per heavy atom. The minimum atomic E-state index is -0.0399. The van der Waals surface area contributed by atoms with Gasteiger partial charge < -0.3 is 9.73 Å². The first-order valence-corrected chi connectivity index (χ1v) is 8.98. The standard InChI is InChI=1S/C19H20N2O2S/c1-3-13-7-5-8-14(4-2)18(13)21-17(22)11-15-12-24-19(20-15)16-9-6-10-23-16/h5-10,12H,3-4,11H2,1-2H3,(H,21,22). The van der Waals surface area contributed by atoms with Crippen molar-refractivity contribution < 1.29 is 9.21 Å². The molecule has 0 saturated carbocycles. The largest absolute Gasteiger partial charge is 0.462 e. The quantitative estimate of drug-likeness (QED) is 0.707. The Kier molecular flexibility index (Phi) is 5.11. The number of nitrogens with one attached hydrogen (secondary N) is 1. The summed E-state index contributed by atoms with van der Waals surface area (Å²) < 4.78 is 5.34. The summed E-state index contributed by atoms with van der Waals surface area (Å²) in [5.41, 5.74) is 4.04. The lowest BCUT2D eigenvalue weighted by Gasteiger charge is -2.14. The number of amides is 1. The molecule has 2 aromatic heterocycles. The van der Waals surface area contributed by atoms with E-state index in [0.717, 1.165) is 46.1 Å². The van der Waals surface area contributed by atoms with Gasteiger partial charge in [-0.05, 0) is 36.1 Å². The summed E-state index contributed by atoms with van der Waals surface area (Å²) in [5.74, 6) is 0.693. The molecule has 24 heavy (non-hydrogen) atoms. The molecule has 1 aromatic carbocycles. The maximum Gasteiger partial charge on any atom is 0.230 e. The third-order valence-electron chi connectivity index (χ3n) is 3.89. The molecular formula is C19H20N2O2S. The smallest absolute Gasteiger partial charge is 0.230 e. The van der Waals surface area contributed by atoms with Crippen LogP contribution in [0.3, 0.4) is 0 Å². The topological polar surface area (TPSA) is 55.1 Å². The molecule has 3 aromatic rings.